The molecule has 0 aromatic heterocycles. The maximum absolute atomic E-state index is 11.8. The highest BCUT2D eigenvalue weighted by Gasteiger charge is 2.24. The molecule has 0 saturated carbocycles. The molecule has 1 heterocycles. The lowest BCUT2D eigenvalue weighted by Gasteiger charge is -2.24. The fourth-order valence-electron chi connectivity index (χ4n) is 2.91. The molecule has 132 valence electrons. The Kier molecular flexibility index (Phi) is 7.24. The lowest BCUT2D eigenvalue weighted by Crippen LogP contribution is -2.34. The number of halogens is 1. The first-order valence-electron chi connectivity index (χ1n) is 8.19. The summed E-state index contributed by atoms with van der Waals surface area (Å²) in [5.74, 6) is 0.531. The van der Waals surface area contributed by atoms with Crippen LogP contribution in [0.25, 0.3) is 0 Å². The highest BCUT2D eigenvalue weighted by Crippen LogP contribution is 2.31. The molecule has 0 spiro atoms. The lowest BCUT2D eigenvalue weighted by molar-refractivity contribution is -0.116. The Balaban J connectivity index is 0.00000225. The van der Waals surface area contributed by atoms with Gasteiger partial charge in [0.1, 0.15) is 0 Å². The molecule has 0 fully saturated rings. The molecule has 1 unspecified atom stereocenters. The number of para-hydroxylation sites is 1. The fourth-order valence-corrected chi connectivity index (χ4v) is 2.91. The minimum absolute atomic E-state index is 0. The molecule has 0 bridgehead atoms. The van der Waals surface area contributed by atoms with Gasteiger partial charge in [0, 0.05) is 24.6 Å². The van der Waals surface area contributed by atoms with E-state index < -0.39 is 0 Å². The molecule has 5 nitrogen and oxygen atoms in total. The van der Waals surface area contributed by atoms with E-state index in [1.54, 1.807) is 0 Å². The van der Waals surface area contributed by atoms with Gasteiger partial charge in [-0.1, -0.05) is 48.5 Å². The van der Waals surface area contributed by atoms with Crippen molar-refractivity contribution in [3.05, 3.63) is 65.7 Å². The normalized spacial score (nSPS) is 16.4. The van der Waals surface area contributed by atoms with E-state index in [1.165, 1.54) is 5.56 Å². The van der Waals surface area contributed by atoms with Gasteiger partial charge in [-0.15, -0.1) is 24.0 Å². The second-order valence-corrected chi connectivity index (χ2v) is 5.92. The van der Waals surface area contributed by atoms with E-state index in [0.29, 0.717) is 18.9 Å². The number of amides is 1. The first kappa shape index (κ1) is 19.2. The number of carbonyl (C=O) groups is 1. The van der Waals surface area contributed by atoms with E-state index in [9.17, 15) is 4.79 Å². The summed E-state index contributed by atoms with van der Waals surface area (Å²) in [4.78, 5) is 16.2. The summed E-state index contributed by atoms with van der Waals surface area (Å²) in [5.41, 5.74) is 9.21. The number of nitrogens with two attached hydrogens (primary N) is 1. The molecule has 0 radical (unpaired) electrons. The Bertz CT molecular complexity index is 733. The van der Waals surface area contributed by atoms with Crippen LogP contribution in [0.2, 0.25) is 0 Å². The van der Waals surface area contributed by atoms with Crippen LogP contribution in [0.15, 0.2) is 59.6 Å². The van der Waals surface area contributed by atoms with Crippen molar-refractivity contribution in [1.29, 1.82) is 0 Å². The fraction of sp³-hybridized carbons (Fsp3) is 0.263. The molecule has 0 saturated heterocycles. The van der Waals surface area contributed by atoms with Gasteiger partial charge in [0.25, 0.3) is 0 Å². The molecular formula is C19H23IN4O. The number of hydrogen-bond acceptors (Lipinski definition) is 2. The van der Waals surface area contributed by atoms with Crippen LogP contribution in [0.3, 0.4) is 0 Å². The van der Waals surface area contributed by atoms with E-state index in [0.717, 1.165) is 24.2 Å². The van der Waals surface area contributed by atoms with Crippen molar-refractivity contribution in [2.45, 2.75) is 18.8 Å². The number of hydrogen-bond donors (Lipinski definition) is 3. The predicted molar refractivity (Wildman–Crippen MR) is 112 cm³/mol. The maximum Gasteiger partial charge on any atom is 0.225 e. The number of carbonyl (C=O) groups excluding carboxylic acids is 1. The van der Waals surface area contributed by atoms with Crippen LogP contribution < -0.4 is 16.4 Å². The van der Waals surface area contributed by atoms with Crippen LogP contribution in [0.1, 0.15) is 23.5 Å². The second-order valence-electron chi connectivity index (χ2n) is 5.92. The highest BCUT2D eigenvalue weighted by atomic mass is 127. The number of nitrogens with one attached hydrogen (secondary N) is 2. The van der Waals surface area contributed by atoms with Crippen molar-refractivity contribution < 1.29 is 4.79 Å². The minimum Gasteiger partial charge on any atom is -0.370 e. The molecule has 6 heteroatoms. The zero-order valence-electron chi connectivity index (χ0n) is 13.9. The molecule has 4 N–H and O–H groups in total. The molecule has 1 aliphatic rings. The van der Waals surface area contributed by atoms with Crippen LogP contribution in [-0.2, 0) is 11.2 Å². The predicted octanol–water partition coefficient (Wildman–Crippen LogP) is 2.88. The van der Waals surface area contributed by atoms with E-state index in [-0.39, 0.29) is 35.8 Å². The van der Waals surface area contributed by atoms with Crippen LogP contribution >= 0.6 is 24.0 Å². The van der Waals surface area contributed by atoms with Crippen molar-refractivity contribution in [3.63, 3.8) is 0 Å². The van der Waals surface area contributed by atoms with Gasteiger partial charge in [-0.3, -0.25) is 9.79 Å². The SMILES string of the molecule is I.NC(=NCC1CC(=O)Nc2ccccc21)NCCc1ccccc1. The Morgan fingerprint density at radius 2 is 1.88 bits per heavy atom. The summed E-state index contributed by atoms with van der Waals surface area (Å²) in [6, 6.07) is 18.1. The average Bonchev–Trinajstić information content (AvgIpc) is 2.60. The Morgan fingerprint density at radius 3 is 2.68 bits per heavy atom. The topological polar surface area (TPSA) is 79.5 Å². The summed E-state index contributed by atoms with van der Waals surface area (Å²) >= 11 is 0. The molecule has 25 heavy (non-hydrogen) atoms. The number of nitrogens with zero attached hydrogens (tertiary/aromatic N) is 1. The molecule has 1 amide bonds. The number of benzene rings is 2. The van der Waals surface area contributed by atoms with E-state index >= 15 is 0 Å². The number of fused-ring (bicyclic) bond motifs is 1. The van der Waals surface area contributed by atoms with Crippen molar-refractivity contribution in [1.82, 2.24) is 5.32 Å². The molecule has 1 atom stereocenters. The Morgan fingerprint density at radius 1 is 1.16 bits per heavy atom. The monoisotopic (exact) mass is 450 g/mol. The quantitative estimate of drug-likeness (QED) is 0.373. The zero-order valence-corrected chi connectivity index (χ0v) is 16.3. The van der Waals surface area contributed by atoms with Gasteiger partial charge >= 0.3 is 0 Å². The van der Waals surface area contributed by atoms with Crippen LogP contribution in [0, 0.1) is 0 Å². The first-order chi connectivity index (χ1) is 11.7. The molecule has 1 aliphatic heterocycles. The lowest BCUT2D eigenvalue weighted by atomic mass is 9.91. The first-order valence-corrected chi connectivity index (χ1v) is 8.19. The van der Waals surface area contributed by atoms with Crippen molar-refractivity contribution in [3.8, 4) is 0 Å². The summed E-state index contributed by atoms with van der Waals surface area (Å²) in [5, 5.41) is 6.03. The third-order valence-corrected chi connectivity index (χ3v) is 4.15. The molecule has 3 rings (SSSR count). The van der Waals surface area contributed by atoms with Crippen molar-refractivity contribution >= 4 is 41.5 Å². The molecule has 2 aromatic rings. The second kappa shape index (κ2) is 9.41. The summed E-state index contributed by atoms with van der Waals surface area (Å²) in [6.45, 7) is 1.25. The average molecular weight is 450 g/mol. The van der Waals surface area contributed by atoms with E-state index in [1.807, 2.05) is 42.5 Å². The summed E-state index contributed by atoms with van der Waals surface area (Å²) in [7, 11) is 0. The number of rotatable bonds is 5. The third-order valence-electron chi connectivity index (χ3n) is 4.15. The van der Waals surface area contributed by atoms with Crippen LogP contribution in [-0.4, -0.2) is 25.0 Å². The van der Waals surface area contributed by atoms with Gasteiger partial charge in [0.05, 0.1) is 6.54 Å². The van der Waals surface area contributed by atoms with Gasteiger partial charge in [0.15, 0.2) is 5.96 Å². The number of aliphatic imine (C=N–C) groups is 1. The standard InChI is InChI=1S/C19H22N4O.HI/c20-19(21-11-10-14-6-2-1-3-7-14)22-13-15-12-18(24)23-17-9-5-4-8-16(15)17;/h1-9,15H,10-13H2,(H,23,24)(H3,20,21,22);1H. The van der Waals surface area contributed by atoms with Crippen LogP contribution in [0.4, 0.5) is 5.69 Å². The summed E-state index contributed by atoms with van der Waals surface area (Å²) < 4.78 is 0. The smallest absolute Gasteiger partial charge is 0.225 e. The van der Waals surface area contributed by atoms with Crippen molar-refractivity contribution in [2.24, 2.45) is 10.7 Å². The highest BCUT2D eigenvalue weighted by molar-refractivity contribution is 14.0. The third kappa shape index (κ3) is 5.45. The molecular weight excluding hydrogens is 427 g/mol. The zero-order chi connectivity index (χ0) is 16.8. The summed E-state index contributed by atoms with van der Waals surface area (Å²) in [6.07, 6.45) is 1.34. The van der Waals surface area contributed by atoms with Gasteiger partial charge in [-0.25, -0.2) is 0 Å². The number of guanidine groups is 1. The van der Waals surface area contributed by atoms with E-state index in [4.69, 9.17) is 5.73 Å². The van der Waals surface area contributed by atoms with Gasteiger partial charge in [-0.2, -0.15) is 0 Å². The molecule has 2 aromatic carbocycles. The van der Waals surface area contributed by atoms with E-state index in [2.05, 4.69) is 27.8 Å². The largest absolute Gasteiger partial charge is 0.370 e. The van der Waals surface area contributed by atoms with Gasteiger partial charge < -0.3 is 16.4 Å². The van der Waals surface area contributed by atoms with Crippen LogP contribution in [0.5, 0.6) is 0 Å². The minimum atomic E-state index is 0. The Hall–Kier alpha value is -2.09. The van der Waals surface area contributed by atoms with Crippen molar-refractivity contribution in [2.75, 3.05) is 18.4 Å². The van der Waals surface area contributed by atoms with Gasteiger partial charge in [0.2, 0.25) is 5.91 Å². The Labute approximate surface area is 165 Å². The van der Waals surface area contributed by atoms with Gasteiger partial charge in [-0.05, 0) is 23.6 Å². The molecule has 0 aliphatic carbocycles. The number of anilines is 1. The maximum atomic E-state index is 11.8.